The van der Waals surface area contributed by atoms with Crippen molar-refractivity contribution in [1.82, 2.24) is 10.3 Å². The molecule has 0 saturated heterocycles. The summed E-state index contributed by atoms with van der Waals surface area (Å²) < 4.78 is 5.23. The lowest BCUT2D eigenvalue weighted by atomic mass is 10.1. The van der Waals surface area contributed by atoms with Crippen molar-refractivity contribution >= 4 is 17.3 Å². The first-order valence-corrected chi connectivity index (χ1v) is 9.41. The molecule has 1 aromatic heterocycles. The number of nitrogens with zero attached hydrogens (tertiary/aromatic N) is 1. The highest BCUT2D eigenvalue weighted by molar-refractivity contribution is 5.93. The number of carbonyl (C=O) groups excluding carboxylic acids is 1. The van der Waals surface area contributed by atoms with E-state index in [-0.39, 0.29) is 5.91 Å². The average molecular weight is 375 g/mol. The fourth-order valence-corrected chi connectivity index (χ4v) is 2.98. The quantitative estimate of drug-likeness (QED) is 0.614. The number of methoxy groups -OCH3 is 1. The Hall–Kier alpha value is -3.34. The highest BCUT2D eigenvalue weighted by Gasteiger charge is 2.09. The van der Waals surface area contributed by atoms with E-state index in [2.05, 4.69) is 28.6 Å². The molecule has 0 radical (unpaired) electrons. The van der Waals surface area contributed by atoms with Crippen LogP contribution in [-0.4, -0.2) is 24.5 Å². The minimum atomic E-state index is -0.185. The van der Waals surface area contributed by atoms with Crippen LogP contribution < -0.4 is 15.4 Å². The van der Waals surface area contributed by atoms with Crippen molar-refractivity contribution in [1.29, 1.82) is 0 Å². The van der Waals surface area contributed by atoms with E-state index in [0.717, 1.165) is 35.5 Å². The van der Waals surface area contributed by atoms with Gasteiger partial charge in [-0.15, -0.1) is 0 Å². The lowest BCUT2D eigenvalue weighted by Crippen LogP contribution is -2.26. The van der Waals surface area contributed by atoms with Crippen LogP contribution in [0.4, 0.5) is 11.4 Å². The maximum atomic E-state index is 12.5. The third-order valence-electron chi connectivity index (χ3n) is 4.50. The molecule has 5 heteroatoms. The number of benzene rings is 2. The van der Waals surface area contributed by atoms with E-state index in [4.69, 9.17) is 4.74 Å². The Morgan fingerprint density at radius 3 is 2.75 bits per heavy atom. The second-order valence-electron chi connectivity index (χ2n) is 6.42. The second-order valence-corrected chi connectivity index (χ2v) is 6.42. The normalized spacial score (nSPS) is 10.4. The molecule has 3 rings (SSSR count). The zero-order chi connectivity index (χ0) is 19.8. The summed E-state index contributed by atoms with van der Waals surface area (Å²) in [5.41, 5.74) is 4.61. The SMILES string of the molecule is CCc1ccccc1Nc1ccnc(C(=O)NCCc2cccc(OC)c2)c1. The monoisotopic (exact) mass is 375 g/mol. The van der Waals surface area contributed by atoms with Gasteiger partial charge in [-0.3, -0.25) is 9.78 Å². The summed E-state index contributed by atoms with van der Waals surface area (Å²) in [5, 5.41) is 6.31. The maximum Gasteiger partial charge on any atom is 0.269 e. The van der Waals surface area contributed by atoms with Crippen molar-refractivity contribution in [2.24, 2.45) is 0 Å². The Balaban J connectivity index is 1.60. The molecule has 0 bridgehead atoms. The second kappa shape index (κ2) is 9.55. The molecule has 5 nitrogen and oxygen atoms in total. The minimum Gasteiger partial charge on any atom is -0.497 e. The number of hydrogen-bond acceptors (Lipinski definition) is 4. The van der Waals surface area contributed by atoms with Gasteiger partial charge >= 0.3 is 0 Å². The predicted molar refractivity (Wildman–Crippen MR) is 112 cm³/mol. The molecule has 0 fully saturated rings. The Bertz CT molecular complexity index is 940. The molecule has 3 aromatic rings. The first kappa shape index (κ1) is 19.4. The smallest absolute Gasteiger partial charge is 0.269 e. The molecule has 0 unspecified atom stereocenters. The number of aryl methyl sites for hydroxylation is 1. The Kier molecular flexibility index (Phi) is 6.63. The maximum absolute atomic E-state index is 12.5. The van der Waals surface area contributed by atoms with E-state index < -0.39 is 0 Å². The largest absolute Gasteiger partial charge is 0.497 e. The number of aromatic nitrogens is 1. The molecule has 28 heavy (non-hydrogen) atoms. The third kappa shape index (κ3) is 5.10. The Morgan fingerprint density at radius 1 is 1.07 bits per heavy atom. The first-order chi connectivity index (χ1) is 13.7. The van der Waals surface area contributed by atoms with Crippen molar-refractivity contribution in [3.63, 3.8) is 0 Å². The van der Waals surface area contributed by atoms with Crippen LogP contribution in [0.3, 0.4) is 0 Å². The van der Waals surface area contributed by atoms with Crippen LogP contribution in [0.1, 0.15) is 28.5 Å². The van der Waals surface area contributed by atoms with Crippen molar-refractivity contribution in [2.75, 3.05) is 19.0 Å². The number of carbonyl (C=O) groups is 1. The van der Waals surface area contributed by atoms with Crippen LogP contribution >= 0.6 is 0 Å². The average Bonchev–Trinajstić information content (AvgIpc) is 2.74. The van der Waals surface area contributed by atoms with E-state index in [1.54, 1.807) is 19.4 Å². The molecule has 2 N–H and O–H groups in total. The van der Waals surface area contributed by atoms with Gasteiger partial charge in [0.2, 0.25) is 0 Å². The van der Waals surface area contributed by atoms with Gasteiger partial charge in [-0.05, 0) is 54.3 Å². The molecule has 1 heterocycles. The molecule has 0 spiro atoms. The molecule has 0 aliphatic heterocycles. The van der Waals surface area contributed by atoms with Crippen LogP contribution in [0.5, 0.6) is 5.75 Å². The molecule has 0 saturated carbocycles. The number of rotatable bonds is 8. The number of amides is 1. The van der Waals surface area contributed by atoms with Gasteiger partial charge in [-0.25, -0.2) is 0 Å². The van der Waals surface area contributed by atoms with Crippen LogP contribution in [0.2, 0.25) is 0 Å². The Morgan fingerprint density at radius 2 is 1.93 bits per heavy atom. The fourth-order valence-electron chi connectivity index (χ4n) is 2.98. The van der Waals surface area contributed by atoms with Gasteiger partial charge in [0.05, 0.1) is 7.11 Å². The van der Waals surface area contributed by atoms with Gasteiger partial charge in [0.15, 0.2) is 0 Å². The van der Waals surface area contributed by atoms with Crippen LogP contribution in [0, 0.1) is 0 Å². The van der Waals surface area contributed by atoms with Crippen LogP contribution in [-0.2, 0) is 12.8 Å². The third-order valence-corrected chi connectivity index (χ3v) is 4.50. The number of pyridine rings is 1. The topological polar surface area (TPSA) is 63.2 Å². The van der Waals surface area contributed by atoms with Crippen LogP contribution in [0.25, 0.3) is 0 Å². The fraction of sp³-hybridized carbons (Fsp3) is 0.217. The highest BCUT2D eigenvalue weighted by atomic mass is 16.5. The molecular weight excluding hydrogens is 350 g/mol. The zero-order valence-electron chi connectivity index (χ0n) is 16.2. The standard InChI is InChI=1S/C23H25N3O2/c1-3-18-8-4-5-10-21(18)26-19-12-14-24-22(16-19)23(27)25-13-11-17-7-6-9-20(15-17)28-2/h4-10,12,14-16H,3,11,13H2,1-2H3,(H,24,26)(H,25,27). The van der Waals surface area contributed by atoms with Gasteiger partial charge in [-0.2, -0.15) is 0 Å². The summed E-state index contributed by atoms with van der Waals surface area (Å²) in [7, 11) is 1.65. The lowest BCUT2D eigenvalue weighted by Gasteiger charge is -2.12. The summed E-state index contributed by atoms with van der Waals surface area (Å²) in [6.45, 7) is 2.65. The predicted octanol–water partition coefficient (Wildman–Crippen LogP) is 4.37. The molecule has 144 valence electrons. The van der Waals surface area contributed by atoms with E-state index >= 15 is 0 Å². The van der Waals surface area contributed by atoms with Gasteiger partial charge in [0.1, 0.15) is 11.4 Å². The zero-order valence-corrected chi connectivity index (χ0v) is 16.2. The molecular formula is C23H25N3O2. The first-order valence-electron chi connectivity index (χ1n) is 9.41. The number of ether oxygens (including phenoxy) is 1. The Labute approximate surface area is 165 Å². The van der Waals surface area contributed by atoms with Gasteiger partial charge < -0.3 is 15.4 Å². The van der Waals surface area contributed by atoms with Crippen molar-refractivity contribution in [3.05, 3.63) is 83.7 Å². The molecule has 0 aliphatic rings. The van der Waals surface area contributed by atoms with Gasteiger partial charge in [-0.1, -0.05) is 37.3 Å². The number of hydrogen-bond donors (Lipinski definition) is 2. The van der Waals surface area contributed by atoms with E-state index in [9.17, 15) is 4.79 Å². The van der Waals surface area contributed by atoms with Crippen LogP contribution in [0.15, 0.2) is 66.9 Å². The molecule has 2 aromatic carbocycles. The van der Waals surface area contributed by atoms with Crippen molar-refractivity contribution < 1.29 is 9.53 Å². The molecule has 0 aliphatic carbocycles. The van der Waals surface area contributed by atoms with Crippen molar-refractivity contribution in [3.8, 4) is 5.75 Å². The molecule has 0 atom stereocenters. The van der Waals surface area contributed by atoms with E-state index in [1.165, 1.54) is 5.56 Å². The summed E-state index contributed by atoms with van der Waals surface area (Å²) >= 11 is 0. The van der Waals surface area contributed by atoms with E-state index in [1.807, 2.05) is 48.5 Å². The van der Waals surface area contributed by atoms with Crippen molar-refractivity contribution in [2.45, 2.75) is 19.8 Å². The summed E-state index contributed by atoms with van der Waals surface area (Å²) in [6, 6.07) is 19.6. The summed E-state index contributed by atoms with van der Waals surface area (Å²) in [4.78, 5) is 16.7. The summed E-state index contributed by atoms with van der Waals surface area (Å²) in [6.07, 6.45) is 3.31. The number of nitrogens with one attached hydrogen (secondary N) is 2. The van der Waals surface area contributed by atoms with Gasteiger partial charge in [0, 0.05) is 24.1 Å². The van der Waals surface area contributed by atoms with E-state index in [0.29, 0.717) is 12.2 Å². The number of anilines is 2. The molecule has 1 amide bonds. The number of para-hydroxylation sites is 1. The van der Waals surface area contributed by atoms with Gasteiger partial charge in [0.25, 0.3) is 5.91 Å². The highest BCUT2D eigenvalue weighted by Crippen LogP contribution is 2.21. The minimum absolute atomic E-state index is 0.185. The lowest BCUT2D eigenvalue weighted by molar-refractivity contribution is 0.0949. The summed E-state index contributed by atoms with van der Waals surface area (Å²) in [5.74, 6) is 0.631.